The van der Waals surface area contributed by atoms with Gasteiger partial charge < -0.3 is 16.4 Å². The second-order valence-corrected chi connectivity index (χ2v) is 3.56. The Morgan fingerprint density at radius 2 is 2.00 bits per heavy atom. The Bertz CT molecular complexity index is 143. The van der Waals surface area contributed by atoms with E-state index in [2.05, 4.69) is 23.6 Å². The van der Waals surface area contributed by atoms with Gasteiger partial charge in [-0.2, -0.15) is 0 Å². The van der Waals surface area contributed by atoms with Crippen molar-refractivity contribution < 1.29 is 0 Å². The van der Waals surface area contributed by atoms with Crippen LogP contribution in [-0.4, -0.2) is 26.7 Å². The largest absolute Gasteiger partial charge is 0.401 e. The fourth-order valence-corrected chi connectivity index (χ4v) is 1.19. The van der Waals surface area contributed by atoms with E-state index in [4.69, 9.17) is 5.73 Å². The van der Waals surface area contributed by atoms with Crippen molar-refractivity contribution in [1.82, 2.24) is 10.6 Å². The average Bonchev–Trinajstić information content (AvgIpc) is 2.20. The Balaban J connectivity index is 3.18. The highest BCUT2D eigenvalue weighted by molar-refractivity contribution is 4.98. The van der Waals surface area contributed by atoms with Gasteiger partial charge in [-0.05, 0) is 39.4 Å². The van der Waals surface area contributed by atoms with Gasteiger partial charge in [0, 0.05) is 12.2 Å². The molecule has 3 heteroatoms. The van der Waals surface area contributed by atoms with E-state index in [-0.39, 0.29) is 0 Å². The summed E-state index contributed by atoms with van der Waals surface area (Å²) in [6, 6.07) is 0. The molecule has 0 aromatic rings. The number of nitrogens with one attached hydrogen (secondary N) is 2. The van der Waals surface area contributed by atoms with Crippen LogP contribution in [0.5, 0.6) is 0 Å². The van der Waals surface area contributed by atoms with Crippen molar-refractivity contribution >= 4 is 0 Å². The van der Waals surface area contributed by atoms with Crippen molar-refractivity contribution in [3.63, 3.8) is 0 Å². The van der Waals surface area contributed by atoms with Crippen LogP contribution in [0.25, 0.3) is 0 Å². The Kier molecular flexibility index (Phi) is 10.1. The smallest absolute Gasteiger partial charge is 0.0348 e. The quantitative estimate of drug-likeness (QED) is 0.489. The molecule has 14 heavy (non-hydrogen) atoms. The molecule has 0 atom stereocenters. The molecule has 0 saturated heterocycles. The highest BCUT2D eigenvalue weighted by atomic mass is 14.9. The SMILES string of the molecule is CCC/C=C(\N)CNCCCCNC. The van der Waals surface area contributed by atoms with Gasteiger partial charge in [-0.15, -0.1) is 0 Å². The molecule has 0 aliphatic rings. The lowest BCUT2D eigenvalue weighted by Crippen LogP contribution is -2.22. The molecule has 0 rings (SSSR count). The predicted molar refractivity (Wildman–Crippen MR) is 63.2 cm³/mol. The summed E-state index contributed by atoms with van der Waals surface area (Å²) in [5.74, 6) is 0. The first-order chi connectivity index (χ1) is 6.81. The Labute approximate surface area is 88.1 Å². The maximum absolute atomic E-state index is 5.79. The zero-order chi connectivity index (χ0) is 10.6. The van der Waals surface area contributed by atoms with E-state index in [1.54, 1.807) is 0 Å². The van der Waals surface area contributed by atoms with Crippen molar-refractivity contribution in [1.29, 1.82) is 0 Å². The van der Waals surface area contributed by atoms with Gasteiger partial charge in [-0.25, -0.2) is 0 Å². The van der Waals surface area contributed by atoms with Crippen LogP contribution in [0.4, 0.5) is 0 Å². The molecule has 0 unspecified atom stereocenters. The van der Waals surface area contributed by atoms with E-state index in [0.29, 0.717) is 0 Å². The van der Waals surface area contributed by atoms with Crippen molar-refractivity contribution in [2.75, 3.05) is 26.7 Å². The van der Waals surface area contributed by atoms with Crippen LogP contribution in [0, 0.1) is 0 Å². The van der Waals surface area contributed by atoms with Crippen molar-refractivity contribution in [2.24, 2.45) is 5.73 Å². The standard InChI is InChI=1S/C11H25N3/c1-3-4-7-11(12)10-14-9-6-5-8-13-2/h7,13-14H,3-6,8-10,12H2,1-2H3/b11-7-. The zero-order valence-corrected chi connectivity index (χ0v) is 9.60. The molecule has 0 fully saturated rings. The van der Waals surface area contributed by atoms with Crippen molar-refractivity contribution in [3.8, 4) is 0 Å². The Hall–Kier alpha value is -0.540. The molecule has 84 valence electrons. The van der Waals surface area contributed by atoms with Crippen LogP contribution < -0.4 is 16.4 Å². The third-order valence-electron chi connectivity index (χ3n) is 2.05. The van der Waals surface area contributed by atoms with Crippen molar-refractivity contribution in [3.05, 3.63) is 11.8 Å². The second-order valence-electron chi connectivity index (χ2n) is 3.56. The fourth-order valence-electron chi connectivity index (χ4n) is 1.19. The molecular weight excluding hydrogens is 174 g/mol. The van der Waals surface area contributed by atoms with Gasteiger partial charge in [0.2, 0.25) is 0 Å². The summed E-state index contributed by atoms with van der Waals surface area (Å²) in [6.45, 7) is 5.15. The van der Waals surface area contributed by atoms with Crippen LogP contribution in [0.3, 0.4) is 0 Å². The predicted octanol–water partition coefficient (Wildman–Crippen LogP) is 1.22. The van der Waals surface area contributed by atoms with E-state index in [0.717, 1.165) is 31.8 Å². The highest BCUT2D eigenvalue weighted by Gasteiger charge is 1.90. The minimum absolute atomic E-state index is 0.833. The monoisotopic (exact) mass is 199 g/mol. The molecule has 0 heterocycles. The number of hydrogen-bond donors (Lipinski definition) is 3. The first-order valence-corrected chi connectivity index (χ1v) is 5.61. The zero-order valence-electron chi connectivity index (χ0n) is 9.60. The first-order valence-electron chi connectivity index (χ1n) is 5.61. The lowest BCUT2D eigenvalue weighted by atomic mass is 10.2. The molecule has 0 amide bonds. The lowest BCUT2D eigenvalue weighted by Gasteiger charge is -2.04. The molecule has 4 N–H and O–H groups in total. The van der Waals surface area contributed by atoms with E-state index in [1.807, 2.05) is 7.05 Å². The topological polar surface area (TPSA) is 50.1 Å². The number of rotatable bonds is 9. The molecule has 0 radical (unpaired) electrons. The van der Waals surface area contributed by atoms with Crippen LogP contribution in [0.2, 0.25) is 0 Å². The summed E-state index contributed by atoms with van der Waals surface area (Å²) in [5.41, 5.74) is 6.76. The Morgan fingerprint density at radius 3 is 2.64 bits per heavy atom. The van der Waals surface area contributed by atoms with Crippen LogP contribution >= 0.6 is 0 Å². The van der Waals surface area contributed by atoms with E-state index in [9.17, 15) is 0 Å². The summed E-state index contributed by atoms with van der Waals surface area (Å²) >= 11 is 0. The van der Waals surface area contributed by atoms with Gasteiger partial charge in [-0.3, -0.25) is 0 Å². The summed E-state index contributed by atoms with van der Waals surface area (Å²) < 4.78 is 0. The number of allylic oxidation sites excluding steroid dienone is 1. The summed E-state index contributed by atoms with van der Waals surface area (Å²) in [6.07, 6.45) is 6.81. The van der Waals surface area contributed by atoms with Crippen LogP contribution in [0.1, 0.15) is 32.6 Å². The summed E-state index contributed by atoms with van der Waals surface area (Å²) in [7, 11) is 1.99. The first kappa shape index (κ1) is 13.5. The maximum Gasteiger partial charge on any atom is 0.0348 e. The summed E-state index contributed by atoms with van der Waals surface area (Å²) in [5, 5.41) is 6.46. The third kappa shape index (κ3) is 9.55. The maximum atomic E-state index is 5.79. The van der Waals surface area contributed by atoms with E-state index >= 15 is 0 Å². The summed E-state index contributed by atoms with van der Waals surface area (Å²) in [4.78, 5) is 0. The van der Waals surface area contributed by atoms with Crippen molar-refractivity contribution in [2.45, 2.75) is 32.6 Å². The van der Waals surface area contributed by atoms with Gasteiger partial charge >= 0.3 is 0 Å². The fraction of sp³-hybridized carbons (Fsp3) is 0.818. The minimum atomic E-state index is 0.833. The number of unbranched alkanes of at least 4 members (excludes halogenated alkanes) is 2. The van der Waals surface area contributed by atoms with Crippen LogP contribution in [0.15, 0.2) is 11.8 Å². The normalized spacial score (nSPS) is 12.0. The molecule has 0 aromatic heterocycles. The average molecular weight is 199 g/mol. The van der Waals surface area contributed by atoms with Gasteiger partial charge in [-0.1, -0.05) is 19.4 Å². The van der Waals surface area contributed by atoms with E-state index < -0.39 is 0 Å². The van der Waals surface area contributed by atoms with Gasteiger partial charge in [0.05, 0.1) is 0 Å². The number of hydrogen-bond acceptors (Lipinski definition) is 3. The van der Waals surface area contributed by atoms with Gasteiger partial charge in [0.1, 0.15) is 0 Å². The molecule has 0 saturated carbocycles. The molecule has 0 aromatic carbocycles. The lowest BCUT2D eigenvalue weighted by molar-refractivity contribution is 0.622. The molecule has 0 aliphatic carbocycles. The van der Waals surface area contributed by atoms with E-state index in [1.165, 1.54) is 19.3 Å². The molecular formula is C11H25N3. The second kappa shape index (κ2) is 10.5. The van der Waals surface area contributed by atoms with Gasteiger partial charge in [0.15, 0.2) is 0 Å². The molecule has 0 spiro atoms. The third-order valence-corrected chi connectivity index (χ3v) is 2.05. The molecule has 0 aliphatic heterocycles. The molecule has 0 bridgehead atoms. The molecule has 3 nitrogen and oxygen atoms in total. The highest BCUT2D eigenvalue weighted by Crippen LogP contribution is 1.92. The minimum Gasteiger partial charge on any atom is -0.401 e. The van der Waals surface area contributed by atoms with Gasteiger partial charge in [0.25, 0.3) is 0 Å². The van der Waals surface area contributed by atoms with Crippen LogP contribution in [-0.2, 0) is 0 Å². The Morgan fingerprint density at radius 1 is 1.29 bits per heavy atom. The number of nitrogens with two attached hydrogens (primary N) is 1.